The lowest BCUT2D eigenvalue weighted by molar-refractivity contribution is -0.0695. The predicted molar refractivity (Wildman–Crippen MR) is 79.6 cm³/mol. The molecule has 1 atom stereocenters. The van der Waals surface area contributed by atoms with Crippen molar-refractivity contribution >= 4 is 12.2 Å². The third-order valence-corrected chi connectivity index (χ3v) is 2.52. The van der Waals surface area contributed by atoms with Crippen LogP contribution in [0.4, 0.5) is 9.59 Å². The van der Waals surface area contributed by atoms with Gasteiger partial charge >= 0.3 is 12.2 Å². The molecular weight excluding hydrogens is 272 g/mol. The highest BCUT2D eigenvalue weighted by Crippen LogP contribution is 2.20. The van der Waals surface area contributed by atoms with Crippen LogP contribution in [0.5, 0.6) is 0 Å². The molecule has 0 bridgehead atoms. The molecule has 0 radical (unpaired) electrons. The minimum absolute atomic E-state index is 0.276. The smallest absolute Gasteiger partial charge is 0.430 e. The fraction of sp³-hybridized carbons (Fsp3) is 0.733. The van der Waals surface area contributed by atoms with Gasteiger partial charge in [-0.1, -0.05) is 12.2 Å². The van der Waals surface area contributed by atoms with Crippen LogP contribution in [-0.2, 0) is 9.47 Å². The van der Waals surface area contributed by atoms with Crippen molar-refractivity contribution in [3.8, 4) is 0 Å². The van der Waals surface area contributed by atoms with Crippen molar-refractivity contribution in [1.82, 2.24) is 10.0 Å². The zero-order chi connectivity index (χ0) is 16.4. The average molecular weight is 298 g/mol. The quantitative estimate of drug-likeness (QED) is 0.644. The summed E-state index contributed by atoms with van der Waals surface area (Å²) in [6.07, 6.45) is 2.55. The molecule has 21 heavy (non-hydrogen) atoms. The van der Waals surface area contributed by atoms with E-state index in [1.165, 1.54) is 10.0 Å². The molecule has 0 spiro atoms. The molecule has 0 saturated heterocycles. The van der Waals surface area contributed by atoms with Crippen LogP contribution in [0.1, 0.15) is 48.5 Å². The molecule has 0 aliphatic carbocycles. The lowest BCUT2D eigenvalue weighted by Crippen LogP contribution is -2.57. The van der Waals surface area contributed by atoms with Gasteiger partial charge in [0.2, 0.25) is 0 Å². The fourth-order valence-corrected chi connectivity index (χ4v) is 1.80. The number of amides is 2. The summed E-state index contributed by atoms with van der Waals surface area (Å²) in [7, 11) is 0. The van der Waals surface area contributed by atoms with E-state index in [0.717, 1.165) is 0 Å². The summed E-state index contributed by atoms with van der Waals surface area (Å²) >= 11 is 0. The maximum Gasteiger partial charge on any atom is 0.430 e. The second-order valence-electron chi connectivity index (χ2n) is 7.06. The molecule has 1 aliphatic rings. The van der Waals surface area contributed by atoms with Crippen LogP contribution in [0, 0.1) is 0 Å². The molecule has 6 heteroatoms. The number of rotatable bonds is 0. The zero-order valence-corrected chi connectivity index (χ0v) is 14.0. The van der Waals surface area contributed by atoms with E-state index < -0.39 is 23.4 Å². The topological polar surface area (TPSA) is 59.1 Å². The molecule has 0 N–H and O–H groups in total. The van der Waals surface area contributed by atoms with Crippen molar-refractivity contribution in [2.75, 3.05) is 6.54 Å². The van der Waals surface area contributed by atoms with Crippen molar-refractivity contribution in [2.24, 2.45) is 0 Å². The molecule has 1 rings (SSSR count). The number of carbonyl (C=O) groups excluding carboxylic acids is 2. The highest BCUT2D eigenvalue weighted by molar-refractivity contribution is 5.75. The first-order valence-electron chi connectivity index (χ1n) is 7.10. The van der Waals surface area contributed by atoms with Crippen molar-refractivity contribution in [3.05, 3.63) is 12.2 Å². The van der Waals surface area contributed by atoms with Gasteiger partial charge in [-0.05, 0) is 48.5 Å². The number of hydrogen-bond acceptors (Lipinski definition) is 4. The largest absolute Gasteiger partial charge is 0.442 e. The number of nitrogens with zero attached hydrogens (tertiary/aromatic N) is 2. The number of hydrogen-bond donors (Lipinski definition) is 0. The Labute approximate surface area is 126 Å². The van der Waals surface area contributed by atoms with Gasteiger partial charge in [0.25, 0.3) is 0 Å². The summed E-state index contributed by atoms with van der Waals surface area (Å²) in [5.41, 5.74) is -1.25. The number of carbonyl (C=O) groups is 2. The molecule has 0 fully saturated rings. The van der Waals surface area contributed by atoms with Gasteiger partial charge in [0, 0.05) is 0 Å². The monoisotopic (exact) mass is 298 g/mol. The molecule has 0 aromatic carbocycles. The van der Waals surface area contributed by atoms with Gasteiger partial charge in [0.05, 0.1) is 12.6 Å². The first kappa shape index (κ1) is 17.3. The highest BCUT2D eigenvalue weighted by Gasteiger charge is 2.36. The summed E-state index contributed by atoms with van der Waals surface area (Å²) in [5.74, 6) is 0. The van der Waals surface area contributed by atoms with Crippen LogP contribution in [0.15, 0.2) is 12.2 Å². The lowest BCUT2D eigenvalue weighted by Gasteiger charge is -2.40. The van der Waals surface area contributed by atoms with Gasteiger partial charge in [-0.15, -0.1) is 0 Å². The first-order valence-corrected chi connectivity index (χ1v) is 7.10. The van der Waals surface area contributed by atoms with E-state index in [1.54, 1.807) is 41.5 Å². The van der Waals surface area contributed by atoms with Gasteiger partial charge in [-0.2, -0.15) is 0 Å². The minimum Gasteiger partial charge on any atom is -0.442 e. The molecule has 0 saturated carbocycles. The highest BCUT2D eigenvalue weighted by atomic mass is 16.6. The van der Waals surface area contributed by atoms with E-state index in [-0.39, 0.29) is 12.6 Å². The fourth-order valence-electron chi connectivity index (χ4n) is 1.80. The van der Waals surface area contributed by atoms with E-state index in [0.29, 0.717) is 0 Å². The lowest BCUT2D eigenvalue weighted by atomic mass is 10.2. The number of hydrazine groups is 1. The molecule has 1 heterocycles. The molecular formula is C15H26N2O4. The normalized spacial score (nSPS) is 19.5. The molecule has 6 nitrogen and oxygen atoms in total. The van der Waals surface area contributed by atoms with Gasteiger partial charge in [-0.25, -0.2) is 19.6 Å². The van der Waals surface area contributed by atoms with Crippen LogP contribution in [0.3, 0.4) is 0 Å². The predicted octanol–water partition coefficient (Wildman–Crippen LogP) is 3.33. The Morgan fingerprint density at radius 2 is 1.48 bits per heavy atom. The van der Waals surface area contributed by atoms with E-state index in [9.17, 15) is 9.59 Å². The Bertz CT molecular complexity index is 432. The van der Waals surface area contributed by atoms with Crippen molar-refractivity contribution in [3.63, 3.8) is 0 Å². The van der Waals surface area contributed by atoms with Crippen LogP contribution in [0.2, 0.25) is 0 Å². The second kappa shape index (κ2) is 5.95. The Balaban J connectivity index is 2.93. The Kier molecular flexibility index (Phi) is 4.91. The maximum atomic E-state index is 12.3. The van der Waals surface area contributed by atoms with E-state index in [1.807, 2.05) is 19.1 Å². The molecule has 0 unspecified atom stereocenters. The Morgan fingerprint density at radius 1 is 1.00 bits per heavy atom. The number of ether oxygens (including phenoxy) is 2. The summed E-state index contributed by atoms with van der Waals surface area (Å²) in [4.78, 5) is 24.6. The van der Waals surface area contributed by atoms with Crippen molar-refractivity contribution < 1.29 is 19.1 Å². The summed E-state index contributed by atoms with van der Waals surface area (Å²) in [5, 5.41) is 2.56. The Hall–Kier alpha value is -1.72. The van der Waals surface area contributed by atoms with E-state index >= 15 is 0 Å². The average Bonchev–Trinajstić information content (AvgIpc) is 2.23. The zero-order valence-electron chi connectivity index (χ0n) is 14.0. The first-order chi connectivity index (χ1) is 9.41. The van der Waals surface area contributed by atoms with Crippen LogP contribution in [0.25, 0.3) is 0 Å². The summed E-state index contributed by atoms with van der Waals surface area (Å²) in [6.45, 7) is 12.8. The molecule has 0 aromatic heterocycles. The maximum absolute atomic E-state index is 12.3. The molecule has 0 aromatic rings. The standard InChI is InChI=1S/C15H26N2O4/c1-11-9-8-10-16(12(18)20-14(2,3)4)17(11)13(19)21-15(5,6)7/h8-9,11H,10H2,1-7H3/t11-/m0/s1. The third-order valence-electron chi connectivity index (χ3n) is 2.52. The van der Waals surface area contributed by atoms with Crippen molar-refractivity contribution in [1.29, 1.82) is 0 Å². The van der Waals surface area contributed by atoms with Gasteiger partial charge in [-0.3, -0.25) is 0 Å². The van der Waals surface area contributed by atoms with Crippen LogP contribution < -0.4 is 0 Å². The van der Waals surface area contributed by atoms with E-state index in [4.69, 9.17) is 9.47 Å². The molecule has 120 valence electrons. The van der Waals surface area contributed by atoms with E-state index in [2.05, 4.69) is 0 Å². The SMILES string of the molecule is C[C@H]1C=CCN(C(=O)OC(C)(C)C)N1C(=O)OC(C)(C)C. The third kappa shape index (κ3) is 5.28. The van der Waals surface area contributed by atoms with Gasteiger partial charge in [0.15, 0.2) is 0 Å². The van der Waals surface area contributed by atoms with Crippen molar-refractivity contribution in [2.45, 2.75) is 65.7 Å². The van der Waals surface area contributed by atoms with Crippen LogP contribution in [-0.4, -0.2) is 46.0 Å². The molecule has 2 amide bonds. The van der Waals surface area contributed by atoms with Gasteiger partial charge in [0.1, 0.15) is 11.2 Å². The van der Waals surface area contributed by atoms with Gasteiger partial charge < -0.3 is 9.47 Å². The minimum atomic E-state index is -0.627. The Morgan fingerprint density at radius 3 is 1.95 bits per heavy atom. The summed E-state index contributed by atoms with van der Waals surface area (Å²) in [6, 6.07) is -0.277. The molecule has 1 aliphatic heterocycles. The second-order valence-corrected chi connectivity index (χ2v) is 7.06. The van der Waals surface area contributed by atoms with Crippen LogP contribution >= 0.6 is 0 Å². The summed E-state index contributed by atoms with van der Waals surface area (Å²) < 4.78 is 10.7.